The van der Waals surface area contributed by atoms with Crippen LogP contribution in [0.5, 0.6) is 11.6 Å². The molecule has 0 bridgehead atoms. The molecule has 8 heteroatoms. The van der Waals surface area contributed by atoms with Crippen LogP contribution >= 0.6 is 23.2 Å². The van der Waals surface area contributed by atoms with Crippen molar-refractivity contribution in [2.45, 2.75) is 39.8 Å². The van der Waals surface area contributed by atoms with Crippen LogP contribution in [0.2, 0.25) is 10.0 Å². The van der Waals surface area contributed by atoms with Gasteiger partial charge in [-0.2, -0.15) is 9.78 Å². The number of ether oxygens (including phenoxy) is 1. The molecule has 0 saturated carbocycles. The van der Waals surface area contributed by atoms with E-state index in [1.807, 2.05) is 39.0 Å². The lowest BCUT2D eigenvalue weighted by Gasteiger charge is -2.14. The second kappa shape index (κ2) is 10.7. The topological polar surface area (TPSA) is 68.2 Å². The van der Waals surface area contributed by atoms with Crippen molar-refractivity contribution in [2.75, 3.05) is 6.54 Å². The number of amides is 1. The van der Waals surface area contributed by atoms with Gasteiger partial charge in [0.2, 0.25) is 5.88 Å². The molecule has 0 fully saturated rings. The fraction of sp³-hybridized carbons (Fsp3) is 0.304. The molecule has 1 heterocycles. The van der Waals surface area contributed by atoms with Crippen molar-refractivity contribution < 1.29 is 9.53 Å². The minimum Gasteiger partial charge on any atom is -0.439 e. The summed E-state index contributed by atoms with van der Waals surface area (Å²) in [5, 5.41) is 12.0. The molecule has 2 aromatic carbocycles. The molecule has 0 radical (unpaired) electrons. The lowest BCUT2D eigenvalue weighted by Crippen LogP contribution is -2.28. The number of halogens is 2. The van der Waals surface area contributed by atoms with Gasteiger partial charge < -0.3 is 15.4 Å². The van der Waals surface area contributed by atoms with Gasteiger partial charge in [-0.15, -0.1) is 0 Å². The van der Waals surface area contributed by atoms with E-state index in [-0.39, 0.29) is 11.9 Å². The van der Waals surface area contributed by atoms with Crippen molar-refractivity contribution in [1.29, 1.82) is 0 Å². The number of hydrogen-bond donors (Lipinski definition) is 2. The molecule has 164 valence electrons. The van der Waals surface area contributed by atoms with Crippen LogP contribution in [-0.2, 0) is 6.54 Å². The molecule has 2 N–H and O–H groups in total. The Morgan fingerprint density at radius 2 is 1.84 bits per heavy atom. The number of aromatic nitrogens is 2. The van der Waals surface area contributed by atoms with E-state index in [0.717, 1.165) is 6.42 Å². The van der Waals surface area contributed by atoms with Crippen LogP contribution in [0.4, 0.5) is 0 Å². The van der Waals surface area contributed by atoms with Crippen LogP contribution in [0.1, 0.15) is 43.2 Å². The van der Waals surface area contributed by atoms with E-state index in [1.54, 1.807) is 35.0 Å². The third-order valence-corrected chi connectivity index (χ3v) is 5.05. The van der Waals surface area contributed by atoms with Crippen LogP contribution in [0.25, 0.3) is 5.69 Å². The highest BCUT2D eigenvalue weighted by Gasteiger charge is 2.26. The molecule has 3 aromatic rings. The monoisotopic (exact) mass is 460 g/mol. The van der Waals surface area contributed by atoms with E-state index >= 15 is 0 Å². The second-order valence-corrected chi connectivity index (χ2v) is 8.19. The van der Waals surface area contributed by atoms with Crippen molar-refractivity contribution >= 4 is 29.1 Å². The third kappa shape index (κ3) is 5.79. The molecule has 31 heavy (non-hydrogen) atoms. The number of carbonyl (C=O) groups is 1. The SMILES string of the molecule is CCCNC(=O)c1nn(-c2ccccc2Cl)c(Oc2ccc(Cl)cc2)c1CNC(C)C. The molecule has 0 aliphatic rings. The molecule has 1 amide bonds. The number of nitrogens with zero attached hydrogens (tertiary/aromatic N) is 2. The minimum atomic E-state index is -0.255. The van der Waals surface area contributed by atoms with Gasteiger partial charge in [-0.1, -0.05) is 56.1 Å². The Morgan fingerprint density at radius 1 is 1.13 bits per heavy atom. The largest absolute Gasteiger partial charge is 0.439 e. The second-order valence-electron chi connectivity index (χ2n) is 7.34. The molecule has 0 unspecified atom stereocenters. The first-order valence-corrected chi connectivity index (χ1v) is 11.0. The molecule has 0 saturated heterocycles. The number of hydrogen-bond acceptors (Lipinski definition) is 4. The predicted octanol–water partition coefficient (Wildman–Crippen LogP) is 5.61. The zero-order valence-corrected chi connectivity index (χ0v) is 19.3. The van der Waals surface area contributed by atoms with Gasteiger partial charge in [0.05, 0.1) is 16.3 Å². The molecule has 0 aliphatic carbocycles. The number of nitrogens with one attached hydrogen (secondary N) is 2. The van der Waals surface area contributed by atoms with Crippen molar-refractivity contribution in [2.24, 2.45) is 0 Å². The summed E-state index contributed by atoms with van der Waals surface area (Å²) in [5.74, 6) is 0.739. The smallest absolute Gasteiger partial charge is 0.272 e. The Labute approximate surface area is 192 Å². The summed E-state index contributed by atoms with van der Waals surface area (Å²) in [6.45, 7) is 7.03. The highest BCUT2D eigenvalue weighted by molar-refractivity contribution is 6.32. The van der Waals surface area contributed by atoms with E-state index in [4.69, 9.17) is 27.9 Å². The molecule has 0 spiro atoms. The van der Waals surface area contributed by atoms with Crippen LogP contribution in [0.3, 0.4) is 0 Å². The van der Waals surface area contributed by atoms with Gasteiger partial charge in [0.25, 0.3) is 5.91 Å². The van der Waals surface area contributed by atoms with Gasteiger partial charge in [0, 0.05) is 24.2 Å². The summed E-state index contributed by atoms with van der Waals surface area (Å²) in [4.78, 5) is 12.9. The first-order chi connectivity index (χ1) is 14.9. The molecule has 0 aliphatic heterocycles. The maximum absolute atomic E-state index is 12.9. The van der Waals surface area contributed by atoms with E-state index in [1.165, 1.54) is 0 Å². The van der Waals surface area contributed by atoms with Crippen LogP contribution in [0.15, 0.2) is 48.5 Å². The summed E-state index contributed by atoms with van der Waals surface area (Å²) >= 11 is 12.5. The summed E-state index contributed by atoms with van der Waals surface area (Å²) in [6.07, 6.45) is 0.824. The first-order valence-electron chi connectivity index (χ1n) is 10.2. The van der Waals surface area contributed by atoms with Crippen molar-refractivity contribution in [3.05, 3.63) is 69.8 Å². The van der Waals surface area contributed by atoms with E-state index in [0.29, 0.717) is 51.7 Å². The minimum absolute atomic E-state index is 0.207. The normalized spacial score (nSPS) is 11.0. The average molecular weight is 461 g/mol. The average Bonchev–Trinajstić information content (AvgIpc) is 3.10. The van der Waals surface area contributed by atoms with E-state index in [2.05, 4.69) is 15.7 Å². The summed E-state index contributed by atoms with van der Waals surface area (Å²) < 4.78 is 7.81. The summed E-state index contributed by atoms with van der Waals surface area (Å²) in [5.41, 5.74) is 1.57. The number of benzene rings is 2. The number of para-hydroxylation sites is 1. The van der Waals surface area contributed by atoms with E-state index in [9.17, 15) is 4.79 Å². The Balaban J connectivity index is 2.15. The van der Waals surface area contributed by atoms with Gasteiger partial charge in [0.15, 0.2) is 5.69 Å². The zero-order valence-electron chi connectivity index (χ0n) is 17.8. The van der Waals surface area contributed by atoms with Crippen molar-refractivity contribution in [3.8, 4) is 17.3 Å². The Kier molecular flexibility index (Phi) is 7.96. The Bertz CT molecular complexity index is 1030. The Hall–Kier alpha value is -2.54. The quantitative estimate of drug-likeness (QED) is 0.435. The fourth-order valence-electron chi connectivity index (χ4n) is 2.91. The number of carbonyl (C=O) groups excluding carboxylic acids is 1. The van der Waals surface area contributed by atoms with Crippen LogP contribution in [-0.4, -0.2) is 28.3 Å². The van der Waals surface area contributed by atoms with Gasteiger partial charge in [0.1, 0.15) is 5.75 Å². The molecular weight excluding hydrogens is 435 g/mol. The maximum atomic E-state index is 12.9. The summed E-state index contributed by atoms with van der Waals surface area (Å²) in [7, 11) is 0. The first kappa shape index (κ1) is 23.1. The van der Waals surface area contributed by atoms with Crippen molar-refractivity contribution in [3.63, 3.8) is 0 Å². The van der Waals surface area contributed by atoms with Gasteiger partial charge in [-0.3, -0.25) is 4.79 Å². The predicted molar refractivity (Wildman–Crippen MR) is 125 cm³/mol. The van der Waals surface area contributed by atoms with Crippen LogP contribution < -0.4 is 15.4 Å². The molecular formula is C23H26Cl2N4O2. The maximum Gasteiger partial charge on any atom is 0.272 e. The zero-order chi connectivity index (χ0) is 22.4. The fourth-order valence-corrected chi connectivity index (χ4v) is 3.25. The highest BCUT2D eigenvalue weighted by Crippen LogP contribution is 2.33. The van der Waals surface area contributed by atoms with Gasteiger partial charge in [-0.05, 0) is 42.8 Å². The third-order valence-electron chi connectivity index (χ3n) is 4.48. The molecule has 0 atom stereocenters. The summed E-state index contributed by atoms with van der Waals surface area (Å²) in [6, 6.07) is 14.5. The molecule has 3 rings (SSSR count). The standard InChI is InChI=1S/C23H26Cl2N4O2/c1-4-13-26-22(30)21-18(14-27-15(2)3)23(31-17-11-9-16(24)10-12-17)29(28-21)20-8-6-5-7-19(20)25/h5-12,15,27H,4,13-14H2,1-3H3,(H,26,30). The lowest BCUT2D eigenvalue weighted by molar-refractivity contribution is 0.0947. The van der Waals surface area contributed by atoms with Gasteiger partial charge >= 0.3 is 0 Å². The van der Waals surface area contributed by atoms with Crippen molar-refractivity contribution in [1.82, 2.24) is 20.4 Å². The van der Waals surface area contributed by atoms with Gasteiger partial charge in [-0.25, -0.2) is 0 Å². The van der Waals surface area contributed by atoms with E-state index < -0.39 is 0 Å². The highest BCUT2D eigenvalue weighted by atomic mass is 35.5. The molecule has 6 nitrogen and oxygen atoms in total. The lowest BCUT2D eigenvalue weighted by atomic mass is 10.2. The van der Waals surface area contributed by atoms with Crippen LogP contribution in [0, 0.1) is 0 Å². The Morgan fingerprint density at radius 3 is 2.48 bits per heavy atom. The molecule has 1 aromatic heterocycles. The number of rotatable bonds is 9.